The highest BCUT2D eigenvalue weighted by Crippen LogP contribution is 2.49. The number of halogens is 3. The summed E-state index contributed by atoms with van der Waals surface area (Å²) >= 11 is 0. The van der Waals surface area contributed by atoms with Crippen LogP contribution < -0.4 is 0 Å². The summed E-state index contributed by atoms with van der Waals surface area (Å²) in [5.74, 6) is -2.82. The summed E-state index contributed by atoms with van der Waals surface area (Å²) in [6.45, 7) is 18.0. The van der Waals surface area contributed by atoms with Crippen LogP contribution in [0.2, 0.25) is 0 Å². The Kier molecular flexibility index (Phi) is 9.51. The lowest BCUT2D eigenvalue weighted by Crippen LogP contribution is -2.29. The van der Waals surface area contributed by atoms with Crippen LogP contribution in [0.3, 0.4) is 0 Å². The first-order chi connectivity index (χ1) is 20.0. The zero-order valence-electron chi connectivity index (χ0n) is 26.7. The van der Waals surface area contributed by atoms with Crippen LogP contribution in [0.15, 0.2) is 65.5 Å². The van der Waals surface area contributed by atoms with Crippen LogP contribution in [0, 0.1) is 29.5 Å². The van der Waals surface area contributed by atoms with Gasteiger partial charge in [0.2, 0.25) is 0 Å². The van der Waals surface area contributed by atoms with Gasteiger partial charge in [0, 0.05) is 47.6 Å². The lowest BCUT2D eigenvalue weighted by atomic mass is 9.67. The van der Waals surface area contributed by atoms with Gasteiger partial charge in [0.05, 0.1) is 18.9 Å². The fourth-order valence-electron chi connectivity index (χ4n) is 5.65. The summed E-state index contributed by atoms with van der Waals surface area (Å²) in [4.78, 5) is 4.53. The molecule has 0 amide bonds. The fraction of sp³-hybridized carbons (Fsp3) is 0.486. The minimum atomic E-state index is -3.09. The second-order valence-corrected chi connectivity index (χ2v) is 13.8. The topological polar surface area (TPSA) is 41.8 Å². The molecule has 2 aromatic carbocycles. The molecule has 0 atom stereocenters. The lowest BCUT2D eigenvalue weighted by Gasteiger charge is -2.39. The van der Waals surface area contributed by atoms with E-state index >= 15 is 4.39 Å². The Bertz CT molecular complexity index is 1460. The lowest BCUT2D eigenvalue weighted by molar-refractivity contribution is -0.0313. The van der Waals surface area contributed by atoms with Crippen molar-refractivity contribution in [2.45, 2.75) is 86.5 Å². The van der Waals surface area contributed by atoms with E-state index in [2.05, 4.69) is 32.3 Å². The van der Waals surface area contributed by atoms with Crippen molar-refractivity contribution in [1.29, 1.82) is 0 Å². The van der Waals surface area contributed by atoms with Crippen LogP contribution in [-0.4, -0.2) is 24.0 Å². The van der Waals surface area contributed by atoms with E-state index < -0.39 is 11.3 Å². The predicted octanol–water partition coefficient (Wildman–Crippen LogP) is 10.1. The summed E-state index contributed by atoms with van der Waals surface area (Å²) in [6, 6.07) is 8.24. The number of hydrogen-bond acceptors (Lipinski definition) is 3. The first-order valence-corrected chi connectivity index (χ1v) is 15.2. The van der Waals surface area contributed by atoms with E-state index in [1.165, 1.54) is 18.3 Å². The Morgan fingerprint density at radius 3 is 2.26 bits per heavy atom. The fourth-order valence-corrected chi connectivity index (χ4v) is 5.65. The Balaban J connectivity index is 1.93. The molecule has 232 valence electrons. The normalized spacial score (nSPS) is 18.6. The molecule has 1 heterocycles. The third-order valence-electron chi connectivity index (χ3n) is 9.37. The van der Waals surface area contributed by atoms with E-state index in [1.54, 1.807) is 19.1 Å². The van der Waals surface area contributed by atoms with E-state index in [9.17, 15) is 13.9 Å². The van der Waals surface area contributed by atoms with Crippen LogP contribution in [0.5, 0.6) is 0 Å². The molecule has 1 N–H and O–H groups in total. The van der Waals surface area contributed by atoms with Crippen LogP contribution in [-0.2, 0) is 23.5 Å². The van der Waals surface area contributed by atoms with Crippen molar-refractivity contribution < 1.29 is 23.0 Å². The van der Waals surface area contributed by atoms with Crippen LogP contribution in [0.25, 0.3) is 5.57 Å². The second kappa shape index (κ2) is 12.5. The highest BCUT2D eigenvalue weighted by molar-refractivity contribution is 6.12. The molecule has 0 radical (unpaired) electrons. The Hall–Kier alpha value is -3.12. The maximum absolute atomic E-state index is 16.0. The zero-order valence-corrected chi connectivity index (χ0v) is 26.7. The van der Waals surface area contributed by atoms with Gasteiger partial charge in [-0.15, -0.1) is 0 Å². The standard InChI is InChI=1S/C37H46F3NO2/c1-9-41-32(17-23(2)35(4,5)6)30-20-28(37(8,39)40)13-14-29(30)31(34(42)36(7)15-10-16-36)19-27-12-11-26(24(3)33(27)38)18-25-21-43-22-25/h9,11-14,17,20,25,42H,1,10,15-16,18-19,21-22H2,2-8H3/b23-17+,34-31-,41-32?. The van der Waals surface area contributed by atoms with E-state index in [0.29, 0.717) is 52.7 Å². The predicted molar refractivity (Wildman–Crippen MR) is 170 cm³/mol. The smallest absolute Gasteiger partial charge is 0.270 e. The van der Waals surface area contributed by atoms with Gasteiger partial charge in [-0.25, -0.2) is 13.2 Å². The summed E-state index contributed by atoms with van der Waals surface area (Å²) < 4.78 is 50.7. The number of alkyl halides is 2. The number of hydrogen-bond donors (Lipinski definition) is 1. The quantitative estimate of drug-likeness (QED) is 0.220. The highest BCUT2D eigenvalue weighted by atomic mass is 19.3. The molecule has 1 saturated carbocycles. The average molecular weight is 594 g/mol. The molecule has 1 aliphatic carbocycles. The van der Waals surface area contributed by atoms with Gasteiger partial charge in [-0.3, -0.25) is 4.99 Å². The molecule has 2 fully saturated rings. The molecular formula is C37H46F3NO2. The summed E-state index contributed by atoms with van der Waals surface area (Å²) in [5.41, 5.74) is 4.18. The Labute approximate surface area is 255 Å². The number of aliphatic hydroxyl groups is 1. The summed E-state index contributed by atoms with van der Waals surface area (Å²) in [5, 5.41) is 11.9. The average Bonchev–Trinajstić information content (AvgIpc) is 2.89. The first kappa shape index (κ1) is 32.8. The molecule has 2 aromatic rings. The Morgan fingerprint density at radius 1 is 1.09 bits per heavy atom. The van der Waals surface area contributed by atoms with Crippen molar-refractivity contribution in [3.8, 4) is 0 Å². The minimum Gasteiger partial charge on any atom is -0.511 e. The van der Waals surface area contributed by atoms with Gasteiger partial charge in [0.25, 0.3) is 5.92 Å². The number of nitrogens with zero attached hydrogens (tertiary/aromatic N) is 1. The zero-order chi connectivity index (χ0) is 31.7. The third kappa shape index (κ3) is 7.17. The second-order valence-electron chi connectivity index (χ2n) is 13.8. The van der Waals surface area contributed by atoms with Crippen molar-refractivity contribution in [1.82, 2.24) is 0 Å². The molecule has 0 spiro atoms. The van der Waals surface area contributed by atoms with Gasteiger partial charge < -0.3 is 9.84 Å². The molecule has 0 aromatic heterocycles. The molecular weight excluding hydrogens is 547 g/mol. The number of ether oxygens (including phenoxy) is 1. The van der Waals surface area contributed by atoms with E-state index in [1.807, 2.05) is 26.0 Å². The van der Waals surface area contributed by atoms with Crippen molar-refractivity contribution in [3.05, 3.63) is 99.7 Å². The van der Waals surface area contributed by atoms with Gasteiger partial charge in [0.1, 0.15) is 11.6 Å². The molecule has 6 heteroatoms. The number of allylic oxidation sites excluding steroid dienone is 4. The van der Waals surface area contributed by atoms with Gasteiger partial charge >= 0.3 is 0 Å². The summed E-state index contributed by atoms with van der Waals surface area (Å²) in [7, 11) is 0. The molecule has 43 heavy (non-hydrogen) atoms. The number of rotatable bonds is 10. The van der Waals surface area contributed by atoms with Gasteiger partial charge in [-0.2, -0.15) is 0 Å². The molecule has 3 nitrogen and oxygen atoms in total. The summed E-state index contributed by atoms with van der Waals surface area (Å²) in [6.07, 6.45) is 6.72. The minimum absolute atomic E-state index is 0.110. The van der Waals surface area contributed by atoms with Crippen LogP contribution in [0.1, 0.15) is 94.2 Å². The maximum Gasteiger partial charge on any atom is 0.270 e. The monoisotopic (exact) mass is 593 g/mol. The van der Waals surface area contributed by atoms with Gasteiger partial charge in [0.15, 0.2) is 0 Å². The van der Waals surface area contributed by atoms with Crippen molar-refractivity contribution >= 4 is 11.3 Å². The highest BCUT2D eigenvalue weighted by Gasteiger charge is 2.39. The molecule has 1 saturated heterocycles. The van der Waals surface area contributed by atoms with Crippen molar-refractivity contribution in [2.75, 3.05) is 13.2 Å². The van der Waals surface area contributed by atoms with E-state index in [-0.39, 0.29) is 29.0 Å². The SMILES string of the molecule is C=CN=C(/C=C(\C)C(C)(C)C)c1cc(C(C)(F)F)ccc1/C(Cc1ccc(CC2COC2)c(C)c1F)=C(\O)C1(C)CCC1. The van der Waals surface area contributed by atoms with E-state index in [4.69, 9.17) is 4.74 Å². The molecule has 0 bridgehead atoms. The maximum atomic E-state index is 16.0. The van der Waals surface area contributed by atoms with Crippen LogP contribution in [0.4, 0.5) is 13.2 Å². The largest absolute Gasteiger partial charge is 0.511 e. The number of aliphatic hydroxyl groups excluding tert-OH is 1. The molecule has 2 aliphatic rings. The molecule has 1 aliphatic heterocycles. The van der Waals surface area contributed by atoms with E-state index in [0.717, 1.165) is 43.7 Å². The van der Waals surface area contributed by atoms with Crippen molar-refractivity contribution in [2.24, 2.45) is 21.7 Å². The van der Waals surface area contributed by atoms with Gasteiger partial charge in [-0.05, 0) is 72.9 Å². The number of benzene rings is 2. The first-order valence-electron chi connectivity index (χ1n) is 15.2. The third-order valence-corrected chi connectivity index (χ3v) is 9.37. The van der Waals surface area contributed by atoms with Crippen molar-refractivity contribution in [3.63, 3.8) is 0 Å². The molecule has 0 unspecified atom stereocenters. The number of aliphatic imine (C=N–C) groups is 1. The molecule has 4 rings (SSSR count). The van der Waals surface area contributed by atoms with Gasteiger partial charge in [-0.1, -0.05) is 70.5 Å². The van der Waals surface area contributed by atoms with Crippen LogP contribution >= 0.6 is 0 Å². The Morgan fingerprint density at radius 2 is 1.74 bits per heavy atom.